The van der Waals surface area contributed by atoms with Gasteiger partial charge in [-0.1, -0.05) is 17.7 Å². The van der Waals surface area contributed by atoms with Crippen molar-refractivity contribution in [1.29, 1.82) is 0 Å². The number of carbonyl (C=O) groups is 1. The summed E-state index contributed by atoms with van der Waals surface area (Å²) in [6.07, 6.45) is 1.62. The third-order valence-electron chi connectivity index (χ3n) is 2.34. The van der Waals surface area contributed by atoms with Crippen molar-refractivity contribution in [3.63, 3.8) is 0 Å². The van der Waals surface area contributed by atoms with Crippen molar-refractivity contribution in [1.82, 2.24) is 4.98 Å². The maximum absolute atomic E-state index is 12.0. The highest BCUT2D eigenvalue weighted by atomic mass is 79.9. The average molecular weight is 326 g/mol. The molecule has 0 saturated heterocycles. The third kappa shape index (κ3) is 3.09. The standard InChI is InChI=1S/C13H10BrClN2O/c1-8-2-4-10(11(15)6-8)13(18)17-12-5-3-9(14)7-16-12/h2-7H,1H3,(H,16,17,18). The second kappa shape index (κ2) is 5.50. The Bertz CT molecular complexity index is 584. The first-order valence-corrected chi connectivity index (χ1v) is 6.42. The number of hydrogen-bond donors (Lipinski definition) is 1. The zero-order chi connectivity index (χ0) is 13.1. The van der Waals surface area contributed by atoms with Crippen LogP contribution in [0.25, 0.3) is 0 Å². The Morgan fingerprint density at radius 2 is 2.11 bits per heavy atom. The Morgan fingerprint density at radius 3 is 2.72 bits per heavy atom. The molecule has 1 N–H and O–H groups in total. The average Bonchev–Trinajstić information content (AvgIpc) is 2.32. The van der Waals surface area contributed by atoms with Crippen molar-refractivity contribution in [2.45, 2.75) is 6.92 Å². The predicted octanol–water partition coefficient (Wildman–Crippen LogP) is 4.06. The lowest BCUT2D eigenvalue weighted by Crippen LogP contribution is -2.13. The zero-order valence-electron chi connectivity index (χ0n) is 9.58. The Labute approximate surface area is 118 Å². The summed E-state index contributed by atoms with van der Waals surface area (Å²) in [6, 6.07) is 8.82. The molecule has 0 atom stereocenters. The quantitative estimate of drug-likeness (QED) is 0.905. The van der Waals surface area contributed by atoms with E-state index in [2.05, 4.69) is 26.2 Å². The van der Waals surface area contributed by atoms with Crippen LogP contribution in [0.5, 0.6) is 0 Å². The van der Waals surface area contributed by atoms with E-state index in [-0.39, 0.29) is 5.91 Å². The van der Waals surface area contributed by atoms with Crippen molar-refractivity contribution < 1.29 is 4.79 Å². The molecule has 0 aliphatic rings. The minimum atomic E-state index is -0.269. The van der Waals surface area contributed by atoms with Crippen LogP contribution in [-0.2, 0) is 0 Å². The van der Waals surface area contributed by atoms with Gasteiger partial charge in [0.25, 0.3) is 5.91 Å². The molecule has 1 heterocycles. The summed E-state index contributed by atoms with van der Waals surface area (Å²) in [5.41, 5.74) is 1.45. The van der Waals surface area contributed by atoms with Gasteiger partial charge >= 0.3 is 0 Å². The first-order chi connectivity index (χ1) is 8.56. The fourth-order valence-corrected chi connectivity index (χ4v) is 1.99. The number of anilines is 1. The Balaban J connectivity index is 2.19. The van der Waals surface area contributed by atoms with Gasteiger partial charge in [0.05, 0.1) is 10.6 Å². The molecule has 18 heavy (non-hydrogen) atoms. The molecule has 2 rings (SSSR count). The SMILES string of the molecule is Cc1ccc(C(=O)Nc2ccc(Br)cn2)c(Cl)c1. The highest BCUT2D eigenvalue weighted by Gasteiger charge is 2.10. The molecule has 0 unspecified atom stereocenters. The molecule has 5 heteroatoms. The number of amides is 1. The first kappa shape index (κ1) is 13.1. The predicted molar refractivity (Wildman–Crippen MR) is 76.1 cm³/mol. The van der Waals surface area contributed by atoms with Crippen LogP contribution in [0.15, 0.2) is 41.0 Å². The number of benzene rings is 1. The van der Waals surface area contributed by atoms with Crippen LogP contribution in [0, 0.1) is 6.92 Å². The van der Waals surface area contributed by atoms with Crippen LogP contribution >= 0.6 is 27.5 Å². The second-order valence-corrected chi connectivity index (χ2v) is 5.12. The molecule has 1 aromatic heterocycles. The topological polar surface area (TPSA) is 42.0 Å². The lowest BCUT2D eigenvalue weighted by molar-refractivity contribution is 0.102. The normalized spacial score (nSPS) is 10.2. The summed E-state index contributed by atoms with van der Waals surface area (Å²) in [7, 11) is 0. The summed E-state index contributed by atoms with van der Waals surface area (Å²) in [6.45, 7) is 1.92. The van der Waals surface area contributed by atoms with E-state index in [0.717, 1.165) is 10.0 Å². The second-order valence-electron chi connectivity index (χ2n) is 3.80. The Morgan fingerprint density at radius 1 is 1.33 bits per heavy atom. The summed E-state index contributed by atoms with van der Waals surface area (Å²) >= 11 is 9.31. The maximum atomic E-state index is 12.0. The maximum Gasteiger partial charge on any atom is 0.258 e. The summed E-state index contributed by atoms with van der Waals surface area (Å²) < 4.78 is 0.855. The highest BCUT2D eigenvalue weighted by Crippen LogP contribution is 2.19. The van der Waals surface area contributed by atoms with Gasteiger partial charge in [0.1, 0.15) is 5.82 Å². The van der Waals surface area contributed by atoms with Gasteiger partial charge in [0, 0.05) is 10.7 Å². The van der Waals surface area contributed by atoms with Crippen LogP contribution in [0.4, 0.5) is 5.82 Å². The number of halogens is 2. The van der Waals surface area contributed by atoms with E-state index in [1.54, 1.807) is 30.5 Å². The minimum absolute atomic E-state index is 0.269. The molecule has 0 fully saturated rings. The Kier molecular flexibility index (Phi) is 3.99. The van der Waals surface area contributed by atoms with Crippen LogP contribution < -0.4 is 5.32 Å². The van der Waals surface area contributed by atoms with Crippen molar-refractivity contribution in [3.8, 4) is 0 Å². The molecule has 92 valence electrons. The van der Waals surface area contributed by atoms with Gasteiger partial charge in [-0.25, -0.2) is 4.98 Å². The third-order valence-corrected chi connectivity index (χ3v) is 3.12. The summed E-state index contributed by atoms with van der Waals surface area (Å²) in [4.78, 5) is 16.1. The van der Waals surface area contributed by atoms with E-state index < -0.39 is 0 Å². The van der Waals surface area contributed by atoms with Gasteiger partial charge in [-0.3, -0.25) is 4.79 Å². The summed E-state index contributed by atoms with van der Waals surface area (Å²) in [5, 5.41) is 3.13. The highest BCUT2D eigenvalue weighted by molar-refractivity contribution is 9.10. The number of pyridine rings is 1. The number of carbonyl (C=O) groups excluding carboxylic acids is 1. The van der Waals surface area contributed by atoms with Crippen LogP contribution in [0.3, 0.4) is 0 Å². The van der Waals surface area contributed by atoms with Gasteiger partial charge < -0.3 is 5.32 Å². The molecule has 2 aromatic rings. The first-order valence-electron chi connectivity index (χ1n) is 5.25. The molecule has 0 spiro atoms. The molecule has 1 aromatic carbocycles. The van der Waals surface area contributed by atoms with Crippen molar-refractivity contribution in [2.24, 2.45) is 0 Å². The summed E-state index contributed by atoms with van der Waals surface area (Å²) in [5.74, 6) is 0.217. The smallest absolute Gasteiger partial charge is 0.258 e. The molecule has 0 radical (unpaired) electrons. The van der Waals surface area contributed by atoms with Crippen molar-refractivity contribution >= 4 is 39.3 Å². The van der Waals surface area contributed by atoms with Gasteiger partial charge in [0.2, 0.25) is 0 Å². The Hall–Kier alpha value is -1.39. The van der Waals surface area contributed by atoms with Gasteiger partial charge in [-0.15, -0.1) is 0 Å². The van der Waals surface area contributed by atoms with E-state index in [1.807, 2.05) is 13.0 Å². The van der Waals surface area contributed by atoms with E-state index in [4.69, 9.17) is 11.6 Å². The molecular weight excluding hydrogens is 316 g/mol. The number of aromatic nitrogens is 1. The van der Waals surface area contributed by atoms with E-state index in [0.29, 0.717) is 16.4 Å². The molecule has 0 aliphatic heterocycles. The number of nitrogens with one attached hydrogen (secondary N) is 1. The molecule has 0 bridgehead atoms. The van der Waals surface area contributed by atoms with Gasteiger partial charge in [-0.2, -0.15) is 0 Å². The molecule has 0 saturated carbocycles. The monoisotopic (exact) mass is 324 g/mol. The fraction of sp³-hybridized carbons (Fsp3) is 0.0769. The lowest BCUT2D eigenvalue weighted by atomic mass is 10.1. The van der Waals surface area contributed by atoms with Crippen molar-refractivity contribution in [3.05, 3.63) is 57.2 Å². The van der Waals surface area contributed by atoms with Crippen LogP contribution in [0.2, 0.25) is 5.02 Å². The molecular formula is C13H10BrClN2O. The molecule has 0 aliphatic carbocycles. The fourth-order valence-electron chi connectivity index (χ4n) is 1.44. The molecule has 1 amide bonds. The largest absolute Gasteiger partial charge is 0.307 e. The van der Waals surface area contributed by atoms with Crippen LogP contribution in [0.1, 0.15) is 15.9 Å². The number of nitrogens with zero attached hydrogens (tertiary/aromatic N) is 1. The van der Waals surface area contributed by atoms with Crippen molar-refractivity contribution in [2.75, 3.05) is 5.32 Å². The zero-order valence-corrected chi connectivity index (χ0v) is 11.9. The number of hydrogen-bond acceptors (Lipinski definition) is 2. The lowest BCUT2D eigenvalue weighted by Gasteiger charge is -2.06. The molecule has 3 nitrogen and oxygen atoms in total. The van der Waals surface area contributed by atoms with E-state index >= 15 is 0 Å². The number of aryl methyl sites for hydroxylation is 1. The number of rotatable bonds is 2. The van der Waals surface area contributed by atoms with E-state index in [9.17, 15) is 4.79 Å². The van der Waals surface area contributed by atoms with Gasteiger partial charge in [-0.05, 0) is 52.7 Å². The minimum Gasteiger partial charge on any atom is -0.307 e. The van der Waals surface area contributed by atoms with E-state index in [1.165, 1.54) is 0 Å². The van der Waals surface area contributed by atoms with Gasteiger partial charge in [0.15, 0.2) is 0 Å². The van der Waals surface area contributed by atoms with Crippen LogP contribution in [-0.4, -0.2) is 10.9 Å².